The van der Waals surface area contributed by atoms with Gasteiger partial charge in [0.1, 0.15) is 5.69 Å². The Kier molecular flexibility index (Phi) is 4.77. The van der Waals surface area contributed by atoms with Crippen molar-refractivity contribution in [3.63, 3.8) is 0 Å². The minimum atomic E-state index is -0.349. The number of amides is 2. The minimum Gasteiger partial charge on any atom is -0.366 e. The topological polar surface area (TPSA) is 83.4 Å². The van der Waals surface area contributed by atoms with Crippen LogP contribution in [0.25, 0.3) is 11.3 Å². The van der Waals surface area contributed by atoms with E-state index in [4.69, 9.17) is 4.98 Å². The van der Waals surface area contributed by atoms with Crippen LogP contribution in [0.15, 0.2) is 52.0 Å². The summed E-state index contributed by atoms with van der Waals surface area (Å²) in [6, 6.07) is 9.16. The van der Waals surface area contributed by atoms with Crippen LogP contribution in [0, 0.1) is 6.92 Å². The van der Waals surface area contributed by atoms with Crippen LogP contribution in [0.1, 0.15) is 12.1 Å². The Hall–Kier alpha value is -3.20. The lowest BCUT2D eigenvalue weighted by Crippen LogP contribution is -2.48. The molecule has 2 aliphatic heterocycles. The molecular formula is C22H21BrN6O2. The molecular weight excluding hydrogens is 460 g/mol. The molecule has 2 bridgehead atoms. The largest absolute Gasteiger partial charge is 0.366 e. The third kappa shape index (κ3) is 3.48. The number of urea groups is 1. The molecule has 8 nitrogen and oxygen atoms in total. The highest BCUT2D eigenvalue weighted by Crippen LogP contribution is 2.40. The lowest BCUT2D eigenvalue weighted by atomic mass is 10.1. The summed E-state index contributed by atoms with van der Waals surface area (Å²) >= 11 is 3.38. The van der Waals surface area contributed by atoms with E-state index < -0.39 is 0 Å². The Morgan fingerprint density at radius 3 is 2.90 bits per heavy atom. The Morgan fingerprint density at radius 1 is 1.26 bits per heavy atom. The second-order valence-electron chi connectivity index (χ2n) is 7.90. The fourth-order valence-corrected chi connectivity index (χ4v) is 4.81. The average molecular weight is 481 g/mol. The summed E-state index contributed by atoms with van der Waals surface area (Å²) in [4.78, 5) is 39.0. The molecule has 1 fully saturated rings. The predicted octanol–water partition coefficient (Wildman–Crippen LogP) is 3.54. The van der Waals surface area contributed by atoms with Gasteiger partial charge in [0.2, 0.25) is 0 Å². The van der Waals surface area contributed by atoms with E-state index in [1.165, 1.54) is 4.57 Å². The molecule has 3 aromatic rings. The highest BCUT2D eigenvalue weighted by Gasteiger charge is 2.40. The van der Waals surface area contributed by atoms with Crippen molar-refractivity contribution >= 4 is 39.2 Å². The third-order valence-electron chi connectivity index (χ3n) is 5.75. The first-order valence-electron chi connectivity index (χ1n) is 10.1. The van der Waals surface area contributed by atoms with Crippen molar-refractivity contribution in [1.29, 1.82) is 0 Å². The maximum Gasteiger partial charge on any atom is 0.328 e. The van der Waals surface area contributed by atoms with Crippen molar-refractivity contribution < 1.29 is 4.79 Å². The second-order valence-corrected chi connectivity index (χ2v) is 8.82. The van der Waals surface area contributed by atoms with E-state index in [9.17, 15) is 9.59 Å². The molecule has 1 N–H and O–H groups in total. The Labute approximate surface area is 187 Å². The molecule has 0 aliphatic carbocycles. The Morgan fingerprint density at radius 2 is 2.10 bits per heavy atom. The van der Waals surface area contributed by atoms with Crippen LogP contribution in [-0.4, -0.2) is 39.7 Å². The second kappa shape index (κ2) is 7.49. The predicted molar refractivity (Wildman–Crippen MR) is 124 cm³/mol. The standard InChI is InChI=1S/C22H21BrN6O2/c1-13-9-14(5-7-24-13)17-3-4-19-20(25-17)29(16-6-8-28(19)12-16)22(31)26-18-10-15(23)11-27(2)21(18)30/h3-5,7,9-11,16H,6,8,12H2,1-2H3,(H,26,31). The molecule has 9 heteroatoms. The number of aryl methyl sites for hydroxylation is 2. The number of aromatic nitrogens is 3. The van der Waals surface area contributed by atoms with Crippen LogP contribution in [0.2, 0.25) is 0 Å². The van der Waals surface area contributed by atoms with Gasteiger partial charge in [-0.1, -0.05) is 0 Å². The quantitative estimate of drug-likeness (QED) is 0.606. The maximum absolute atomic E-state index is 13.4. The first-order chi connectivity index (χ1) is 14.9. The van der Waals surface area contributed by atoms with Crippen LogP contribution in [0.5, 0.6) is 0 Å². The van der Waals surface area contributed by atoms with Gasteiger partial charge in [0.25, 0.3) is 5.56 Å². The zero-order valence-electron chi connectivity index (χ0n) is 17.2. The summed E-state index contributed by atoms with van der Waals surface area (Å²) in [5.41, 5.74) is 3.52. The van der Waals surface area contributed by atoms with Crippen LogP contribution >= 0.6 is 15.9 Å². The third-order valence-corrected chi connectivity index (χ3v) is 6.19. The van der Waals surface area contributed by atoms with E-state index in [0.717, 1.165) is 42.1 Å². The number of fused-ring (bicyclic) bond motifs is 4. The van der Waals surface area contributed by atoms with Crippen LogP contribution < -0.4 is 20.7 Å². The summed E-state index contributed by atoms with van der Waals surface area (Å²) in [6.07, 6.45) is 4.27. The van der Waals surface area contributed by atoms with Gasteiger partial charge in [-0.05, 0) is 59.6 Å². The Balaban J connectivity index is 1.55. The van der Waals surface area contributed by atoms with E-state index in [1.54, 1.807) is 30.4 Å². The smallest absolute Gasteiger partial charge is 0.328 e. The van der Waals surface area contributed by atoms with Gasteiger partial charge >= 0.3 is 6.03 Å². The first-order valence-corrected chi connectivity index (χ1v) is 10.9. The number of carbonyl (C=O) groups excluding carboxylic acids is 1. The molecule has 1 atom stereocenters. The van der Waals surface area contributed by atoms with Crippen molar-refractivity contribution in [3.05, 3.63) is 63.2 Å². The van der Waals surface area contributed by atoms with Gasteiger partial charge in [-0.15, -0.1) is 0 Å². The van der Waals surface area contributed by atoms with Gasteiger partial charge in [0.15, 0.2) is 5.82 Å². The molecule has 5 rings (SSSR count). The molecule has 1 unspecified atom stereocenters. The highest BCUT2D eigenvalue weighted by atomic mass is 79.9. The van der Waals surface area contributed by atoms with Gasteiger partial charge in [-0.25, -0.2) is 9.78 Å². The molecule has 31 heavy (non-hydrogen) atoms. The molecule has 0 aromatic carbocycles. The van der Waals surface area contributed by atoms with Crippen molar-refractivity contribution in [3.8, 4) is 11.3 Å². The number of pyridine rings is 3. The maximum atomic E-state index is 13.4. The van der Waals surface area contributed by atoms with E-state index in [1.807, 2.05) is 31.2 Å². The van der Waals surface area contributed by atoms with Crippen molar-refractivity contribution in [1.82, 2.24) is 14.5 Å². The molecule has 0 spiro atoms. The molecule has 1 saturated heterocycles. The average Bonchev–Trinajstić information content (AvgIpc) is 3.15. The van der Waals surface area contributed by atoms with Gasteiger partial charge in [-0.3, -0.25) is 14.7 Å². The van der Waals surface area contributed by atoms with E-state index in [2.05, 4.69) is 31.1 Å². The SMILES string of the molecule is Cc1cc(-c2ccc3c(n2)N(C(=O)Nc2cc(Br)cn(C)c2=O)C2CCN3C2)ccn1. The highest BCUT2D eigenvalue weighted by molar-refractivity contribution is 9.10. The molecule has 5 heterocycles. The van der Waals surface area contributed by atoms with Gasteiger partial charge < -0.3 is 14.8 Å². The number of halogens is 1. The first kappa shape index (κ1) is 19.7. The molecule has 3 aromatic heterocycles. The van der Waals surface area contributed by atoms with E-state index in [0.29, 0.717) is 10.3 Å². The number of rotatable bonds is 2. The lowest BCUT2D eigenvalue weighted by Gasteiger charge is -2.35. The van der Waals surface area contributed by atoms with Crippen molar-refractivity contribution in [2.75, 3.05) is 28.2 Å². The summed E-state index contributed by atoms with van der Waals surface area (Å²) in [6.45, 7) is 3.56. The number of anilines is 3. The zero-order valence-corrected chi connectivity index (χ0v) is 18.8. The molecule has 158 valence electrons. The summed E-state index contributed by atoms with van der Waals surface area (Å²) in [5, 5.41) is 2.81. The molecule has 2 amide bonds. The Bertz CT molecular complexity index is 1260. The number of hydrogen-bond donors (Lipinski definition) is 1. The summed E-state index contributed by atoms with van der Waals surface area (Å²) < 4.78 is 2.15. The number of nitrogens with zero attached hydrogens (tertiary/aromatic N) is 5. The van der Waals surface area contributed by atoms with E-state index in [-0.39, 0.29) is 23.3 Å². The van der Waals surface area contributed by atoms with E-state index >= 15 is 0 Å². The van der Waals surface area contributed by atoms with Crippen LogP contribution in [-0.2, 0) is 7.05 Å². The summed E-state index contributed by atoms with van der Waals surface area (Å²) in [7, 11) is 1.65. The molecule has 0 saturated carbocycles. The van der Waals surface area contributed by atoms with Crippen LogP contribution in [0.3, 0.4) is 0 Å². The lowest BCUT2D eigenvalue weighted by molar-refractivity contribution is 0.255. The van der Waals surface area contributed by atoms with Crippen molar-refractivity contribution in [2.24, 2.45) is 7.05 Å². The normalized spacial score (nSPS) is 16.9. The molecule has 0 radical (unpaired) electrons. The molecule has 2 aliphatic rings. The number of hydrogen-bond acceptors (Lipinski definition) is 5. The minimum absolute atomic E-state index is 0.00503. The van der Waals surface area contributed by atoms with Gasteiger partial charge in [0, 0.05) is 48.3 Å². The fraction of sp³-hybridized carbons (Fsp3) is 0.273. The number of nitrogens with one attached hydrogen (secondary N) is 1. The fourth-order valence-electron chi connectivity index (χ4n) is 4.27. The van der Waals surface area contributed by atoms with Gasteiger partial charge in [0.05, 0.1) is 17.4 Å². The monoisotopic (exact) mass is 480 g/mol. The zero-order chi connectivity index (χ0) is 21.7. The van der Waals surface area contributed by atoms with Crippen LogP contribution in [0.4, 0.5) is 22.0 Å². The van der Waals surface area contributed by atoms with Crippen molar-refractivity contribution in [2.45, 2.75) is 19.4 Å². The summed E-state index contributed by atoms with van der Waals surface area (Å²) in [5.74, 6) is 0.616. The number of carbonyl (C=O) groups is 1. The van der Waals surface area contributed by atoms with Gasteiger partial charge in [-0.2, -0.15) is 0 Å².